The standard InChI is InChI=1S/C21H18FN3O2/c1-2-3-12-25-18-11-7-4-8-14(18)19(21(25)27)15(13-23)20(26)24-17-10-6-5-9-16(17)22/h4-11H,2-3,12H2,1H3,(H,24,26). The van der Waals surface area contributed by atoms with E-state index in [-0.39, 0.29) is 22.7 Å². The van der Waals surface area contributed by atoms with Gasteiger partial charge in [-0.2, -0.15) is 5.26 Å². The van der Waals surface area contributed by atoms with Crippen molar-refractivity contribution in [2.75, 3.05) is 16.8 Å². The third kappa shape index (κ3) is 3.44. The van der Waals surface area contributed by atoms with Crippen LogP contribution in [0.1, 0.15) is 25.3 Å². The monoisotopic (exact) mass is 363 g/mol. The summed E-state index contributed by atoms with van der Waals surface area (Å²) in [6, 6.07) is 14.6. The minimum atomic E-state index is -0.807. The van der Waals surface area contributed by atoms with Crippen molar-refractivity contribution in [3.8, 4) is 6.07 Å². The molecule has 2 amide bonds. The number of nitriles is 1. The molecule has 27 heavy (non-hydrogen) atoms. The van der Waals surface area contributed by atoms with Crippen LogP contribution in [0.25, 0.3) is 5.57 Å². The highest BCUT2D eigenvalue weighted by molar-refractivity contribution is 6.37. The fourth-order valence-electron chi connectivity index (χ4n) is 3.03. The number of rotatable bonds is 5. The summed E-state index contributed by atoms with van der Waals surface area (Å²) >= 11 is 0. The summed E-state index contributed by atoms with van der Waals surface area (Å²) in [7, 11) is 0. The summed E-state index contributed by atoms with van der Waals surface area (Å²) in [5.74, 6) is -1.81. The highest BCUT2D eigenvalue weighted by Gasteiger charge is 2.36. The van der Waals surface area contributed by atoms with Gasteiger partial charge in [-0.3, -0.25) is 9.59 Å². The lowest BCUT2D eigenvalue weighted by atomic mass is 10.0. The molecule has 1 aliphatic rings. The lowest BCUT2D eigenvalue weighted by molar-refractivity contribution is -0.114. The quantitative estimate of drug-likeness (QED) is 0.647. The summed E-state index contributed by atoms with van der Waals surface area (Å²) in [6.45, 7) is 2.52. The second kappa shape index (κ2) is 7.83. The zero-order chi connectivity index (χ0) is 19.4. The number of amides is 2. The van der Waals surface area contributed by atoms with Crippen LogP contribution in [-0.4, -0.2) is 18.4 Å². The first-order chi connectivity index (χ1) is 13.1. The van der Waals surface area contributed by atoms with E-state index in [4.69, 9.17) is 0 Å². The second-order valence-electron chi connectivity index (χ2n) is 6.12. The lowest BCUT2D eigenvalue weighted by Gasteiger charge is -2.16. The SMILES string of the molecule is CCCCN1C(=O)C(=C(C#N)C(=O)Nc2ccccc2F)c2ccccc21. The van der Waals surface area contributed by atoms with E-state index in [1.807, 2.05) is 13.0 Å². The van der Waals surface area contributed by atoms with E-state index in [1.165, 1.54) is 18.2 Å². The number of nitrogens with one attached hydrogen (secondary N) is 1. The summed E-state index contributed by atoms with van der Waals surface area (Å²) < 4.78 is 13.8. The summed E-state index contributed by atoms with van der Waals surface area (Å²) in [6.07, 6.45) is 1.71. The van der Waals surface area contributed by atoms with Gasteiger partial charge in [-0.15, -0.1) is 0 Å². The number of carbonyl (C=O) groups is 2. The molecule has 0 fully saturated rings. The van der Waals surface area contributed by atoms with Gasteiger partial charge in [-0.1, -0.05) is 43.7 Å². The highest BCUT2D eigenvalue weighted by atomic mass is 19.1. The van der Waals surface area contributed by atoms with Crippen molar-refractivity contribution in [3.63, 3.8) is 0 Å². The third-order valence-corrected chi connectivity index (χ3v) is 4.37. The Balaban J connectivity index is 2.03. The van der Waals surface area contributed by atoms with Crippen LogP contribution in [0.2, 0.25) is 0 Å². The van der Waals surface area contributed by atoms with Gasteiger partial charge in [0.05, 0.1) is 16.9 Å². The Morgan fingerprint density at radius 3 is 2.59 bits per heavy atom. The van der Waals surface area contributed by atoms with Crippen LogP contribution in [0.5, 0.6) is 0 Å². The zero-order valence-corrected chi connectivity index (χ0v) is 14.8. The molecule has 136 valence electrons. The predicted octanol–water partition coefficient (Wildman–Crippen LogP) is 3.89. The molecule has 0 unspecified atom stereocenters. The number of unbranched alkanes of at least 4 members (excludes halogenated alkanes) is 1. The largest absolute Gasteiger partial charge is 0.319 e. The molecule has 0 atom stereocenters. The van der Waals surface area contributed by atoms with E-state index in [1.54, 1.807) is 35.2 Å². The Hall–Kier alpha value is -3.46. The van der Waals surface area contributed by atoms with Gasteiger partial charge >= 0.3 is 0 Å². The average Bonchev–Trinajstić information content (AvgIpc) is 2.95. The van der Waals surface area contributed by atoms with Gasteiger partial charge in [0, 0.05) is 12.1 Å². The molecule has 0 saturated carbocycles. The number of benzene rings is 2. The topological polar surface area (TPSA) is 73.2 Å². The van der Waals surface area contributed by atoms with Crippen LogP contribution < -0.4 is 10.2 Å². The van der Waals surface area contributed by atoms with Gasteiger partial charge < -0.3 is 10.2 Å². The lowest BCUT2D eigenvalue weighted by Crippen LogP contribution is -2.28. The van der Waals surface area contributed by atoms with Gasteiger partial charge in [-0.05, 0) is 24.6 Å². The third-order valence-electron chi connectivity index (χ3n) is 4.37. The van der Waals surface area contributed by atoms with Crippen LogP contribution in [-0.2, 0) is 9.59 Å². The fourth-order valence-corrected chi connectivity index (χ4v) is 3.03. The maximum absolute atomic E-state index is 13.8. The summed E-state index contributed by atoms with van der Waals surface area (Å²) in [4.78, 5) is 27.2. The maximum Gasteiger partial charge on any atom is 0.267 e. The van der Waals surface area contributed by atoms with Crippen molar-refractivity contribution in [3.05, 3.63) is 65.5 Å². The van der Waals surface area contributed by atoms with E-state index in [0.29, 0.717) is 17.8 Å². The molecule has 0 spiro atoms. The van der Waals surface area contributed by atoms with Crippen molar-refractivity contribution < 1.29 is 14.0 Å². The fraction of sp³-hybridized carbons (Fsp3) is 0.190. The molecule has 2 aromatic carbocycles. The number of fused-ring (bicyclic) bond motifs is 1. The molecule has 1 N–H and O–H groups in total. The number of nitrogens with zero attached hydrogens (tertiary/aromatic N) is 2. The Labute approximate surface area is 156 Å². The van der Waals surface area contributed by atoms with Gasteiger partial charge in [0.1, 0.15) is 17.5 Å². The van der Waals surface area contributed by atoms with Crippen molar-refractivity contribution >= 4 is 28.8 Å². The molecular weight excluding hydrogens is 345 g/mol. The van der Waals surface area contributed by atoms with Crippen LogP contribution in [0.4, 0.5) is 15.8 Å². The van der Waals surface area contributed by atoms with Gasteiger partial charge in [0.2, 0.25) is 0 Å². The van der Waals surface area contributed by atoms with Crippen LogP contribution in [0.15, 0.2) is 54.1 Å². The molecule has 0 bridgehead atoms. The molecule has 6 heteroatoms. The number of halogens is 1. The average molecular weight is 363 g/mol. The number of hydrogen-bond donors (Lipinski definition) is 1. The van der Waals surface area contributed by atoms with Crippen LogP contribution in [0, 0.1) is 17.1 Å². The van der Waals surface area contributed by atoms with E-state index in [9.17, 15) is 19.2 Å². The molecule has 0 saturated heterocycles. The molecule has 2 aromatic rings. The molecule has 0 aliphatic carbocycles. The Morgan fingerprint density at radius 2 is 1.89 bits per heavy atom. The molecule has 1 aliphatic heterocycles. The Kier molecular flexibility index (Phi) is 5.32. The highest BCUT2D eigenvalue weighted by Crippen LogP contribution is 2.38. The summed E-state index contributed by atoms with van der Waals surface area (Å²) in [5.41, 5.74) is 0.904. The van der Waals surface area contributed by atoms with E-state index >= 15 is 0 Å². The normalized spacial score (nSPS) is 14.6. The smallest absolute Gasteiger partial charge is 0.267 e. The van der Waals surface area contributed by atoms with Gasteiger partial charge in [0.15, 0.2) is 0 Å². The first kappa shape index (κ1) is 18.3. The van der Waals surface area contributed by atoms with Crippen LogP contribution >= 0.6 is 0 Å². The van der Waals surface area contributed by atoms with Crippen molar-refractivity contribution in [2.24, 2.45) is 0 Å². The number of hydrogen-bond acceptors (Lipinski definition) is 3. The first-order valence-corrected chi connectivity index (χ1v) is 8.70. The molecular formula is C21H18FN3O2. The van der Waals surface area contributed by atoms with Crippen molar-refractivity contribution in [1.82, 2.24) is 0 Å². The van der Waals surface area contributed by atoms with Crippen molar-refractivity contribution in [1.29, 1.82) is 5.26 Å². The maximum atomic E-state index is 13.8. The number of carbonyl (C=O) groups excluding carboxylic acids is 2. The molecule has 1 heterocycles. The molecule has 0 radical (unpaired) electrons. The second-order valence-corrected chi connectivity index (χ2v) is 6.12. The molecule has 5 nitrogen and oxygen atoms in total. The first-order valence-electron chi connectivity index (χ1n) is 8.70. The van der Waals surface area contributed by atoms with Gasteiger partial charge in [-0.25, -0.2) is 4.39 Å². The molecule has 0 aromatic heterocycles. The molecule has 3 rings (SSSR count). The zero-order valence-electron chi connectivity index (χ0n) is 14.8. The number of anilines is 2. The number of para-hydroxylation sites is 2. The van der Waals surface area contributed by atoms with E-state index < -0.39 is 11.7 Å². The van der Waals surface area contributed by atoms with E-state index in [0.717, 1.165) is 12.8 Å². The predicted molar refractivity (Wildman–Crippen MR) is 101 cm³/mol. The minimum Gasteiger partial charge on any atom is -0.319 e. The minimum absolute atomic E-state index is 0.0441. The van der Waals surface area contributed by atoms with Crippen molar-refractivity contribution in [2.45, 2.75) is 19.8 Å². The Bertz CT molecular complexity index is 975. The van der Waals surface area contributed by atoms with E-state index in [2.05, 4.69) is 5.32 Å². The Morgan fingerprint density at radius 1 is 1.19 bits per heavy atom. The summed E-state index contributed by atoms with van der Waals surface area (Å²) in [5, 5.41) is 12.0. The van der Waals surface area contributed by atoms with Crippen LogP contribution in [0.3, 0.4) is 0 Å². The van der Waals surface area contributed by atoms with Gasteiger partial charge in [0.25, 0.3) is 11.8 Å².